The van der Waals surface area contributed by atoms with Crippen LogP contribution < -0.4 is 5.32 Å². The summed E-state index contributed by atoms with van der Waals surface area (Å²) in [5.41, 5.74) is 1.69. The zero-order valence-electron chi connectivity index (χ0n) is 19.7. The number of nitrogens with one attached hydrogen (secondary N) is 2. The summed E-state index contributed by atoms with van der Waals surface area (Å²) in [6.07, 6.45) is 6.17. The van der Waals surface area contributed by atoms with Crippen molar-refractivity contribution in [3.63, 3.8) is 0 Å². The summed E-state index contributed by atoms with van der Waals surface area (Å²) in [6, 6.07) is 0.844. The van der Waals surface area contributed by atoms with E-state index in [1.165, 1.54) is 6.07 Å². The molecule has 7 rings (SSSR count). The van der Waals surface area contributed by atoms with Crippen LogP contribution in [0.1, 0.15) is 37.1 Å². The molecule has 2 unspecified atom stereocenters. The van der Waals surface area contributed by atoms with Gasteiger partial charge in [0.15, 0.2) is 17.5 Å². The zero-order valence-corrected chi connectivity index (χ0v) is 19.7. The van der Waals surface area contributed by atoms with E-state index >= 15 is 4.39 Å². The highest BCUT2D eigenvalue weighted by atomic mass is 19.1. The number of aliphatic carboxylic acids is 1. The number of halogens is 2. The lowest BCUT2D eigenvalue weighted by Crippen LogP contribution is -2.51. The van der Waals surface area contributed by atoms with Gasteiger partial charge in [-0.3, -0.25) is 4.79 Å². The van der Waals surface area contributed by atoms with Crippen molar-refractivity contribution in [1.29, 1.82) is 0 Å². The minimum Gasteiger partial charge on any atom is -0.481 e. The molecule has 3 saturated carbocycles. The summed E-state index contributed by atoms with van der Waals surface area (Å²) < 4.78 is 35.3. The highest BCUT2D eigenvalue weighted by Gasteiger charge is 2.47. The predicted molar refractivity (Wildman–Crippen MR) is 126 cm³/mol. The number of carbonyl (C=O) groups is 1. The maximum atomic E-state index is 16.0. The quantitative estimate of drug-likeness (QED) is 0.358. The van der Waals surface area contributed by atoms with Gasteiger partial charge in [-0.1, -0.05) is 5.16 Å². The van der Waals surface area contributed by atoms with Crippen LogP contribution in [-0.4, -0.2) is 42.2 Å². The van der Waals surface area contributed by atoms with Crippen molar-refractivity contribution in [3.8, 4) is 22.6 Å². The molecule has 36 heavy (non-hydrogen) atoms. The first-order valence-electron chi connectivity index (χ1n) is 11.9. The normalized spacial score (nSPS) is 23.3. The van der Waals surface area contributed by atoms with Gasteiger partial charge in [0.25, 0.3) is 0 Å². The number of pyridine rings is 1. The largest absolute Gasteiger partial charge is 0.481 e. The second-order valence-electron chi connectivity index (χ2n) is 9.72. The fraction of sp³-hybridized carbons (Fsp3) is 0.400. The Morgan fingerprint density at radius 2 is 1.92 bits per heavy atom. The summed E-state index contributed by atoms with van der Waals surface area (Å²) in [5.74, 6) is -2.21. The predicted octanol–water partition coefficient (Wildman–Crippen LogP) is 4.87. The molecule has 186 valence electrons. The summed E-state index contributed by atoms with van der Waals surface area (Å²) in [6.45, 7) is 3.35. The van der Waals surface area contributed by atoms with Gasteiger partial charge >= 0.3 is 5.97 Å². The van der Waals surface area contributed by atoms with Crippen molar-refractivity contribution in [3.05, 3.63) is 41.5 Å². The molecule has 0 spiro atoms. The molecule has 0 amide bonds. The Kier molecular flexibility index (Phi) is 5.24. The van der Waals surface area contributed by atoms with Crippen molar-refractivity contribution < 1.29 is 23.2 Å². The highest BCUT2D eigenvalue weighted by molar-refractivity contribution is 5.92. The Bertz CT molecular complexity index is 1470. The van der Waals surface area contributed by atoms with E-state index in [1.807, 2.05) is 0 Å². The maximum Gasteiger partial charge on any atom is 0.308 e. The van der Waals surface area contributed by atoms with Gasteiger partial charge in [-0.2, -0.15) is 0 Å². The number of hydrogen-bond donors (Lipinski definition) is 3. The number of H-pyrrole nitrogens is 1. The van der Waals surface area contributed by atoms with Gasteiger partial charge < -0.3 is 19.9 Å². The van der Waals surface area contributed by atoms with Gasteiger partial charge in [0.1, 0.15) is 22.9 Å². The summed E-state index contributed by atoms with van der Waals surface area (Å²) >= 11 is 0. The van der Waals surface area contributed by atoms with E-state index in [-0.39, 0.29) is 29.2 Å². The SMILES string of the molecule is Cc1noc(C)c1-c1nc(-c2c[nH]c3ncc(F)cc23)nc(NC2C3CCC(CC3)C2C(=O)O)c1F. The van der Waals surface area contributed by atoms with Crippen LogP contribution in [0, 0.1) is 43.2 Å². The lowest BCUT2D eigenvalue weighted by atomic mass is 9.61. The Morgan fingerprint density at radius 3 is 2.61 bits per heavy atom. The van der Waals surface area contributed by atoms with Crippen LogP contribution in [0.5, 0.6) is 0 Å². The first kappa shape index (κ1) is 22.6. The average Bonchev–Trinajstić information content (AvgIpc) is 3.43. The van der Waals surface area contributed by atoms with E-state index in [2.05, 4.69) is 30.4 Å². The van der Waals surface area contributed by atoms with Crippen LogP contribution in [0.15, 0.2) is 23.0 Å². The van der Waals surface area contributed by atoms with Crippen molar-refractivity contribution in [1.82, 2.24) is 25.1 Å². The van der Waals surface area contributed by atoms with E-state index < -0.39 is 29.6 Å². The second-order valence-corrected chi connectivity index (χ2v) is 9.72. The van der Waals surface area contributed by atoms with Crippen molar-refractivity contribution >= 4 is 22.8 Å². The number of carboxylic acid groups (broad SMARTS) is 1. The third-order valence-corrected chi connectivity index (χ3v) is 7.67. The molecule has 0 saturated heterocycles. The summed E-state index contributed by atoms with van der Waals surface area (Å²) in [4.78, 5) is 28.2. The van der Waals surface area contributed by atoms with E-state index in [0.29, 0.717) is 33.6 Å². The number of fused-ring (bicyclic) bond motifs is 4. The third-order valence-electron chi connectivity index (χ3n) is 7.67. The van der Waals surface area contributed by atoms with Crippen LogP contribution in [0.4, 0.5) is 14.6 Å². The number of hydrogen-bond acceptors (Lipinski definition) is 7. The Balaban J connectivity index is 1.52. The zero-order chi connectivity index (χ0) is 25.1. The number of carboxylic acids is 1. The second kappa shape index (κ2) is 8.35. The number of anilines is 1. The minimum absolute atomic E-state index is 0.0229. The molecule has 2 bridgehead atoms. The molecule has 4 heterocycles. The van der Waals surface area contributed by atoms with E-state index in [4.69, 9.17) is 4.52 Å². The molecular formula is C25H24F2N6O3. The number of nitrogens with zero attached hydrogens (tertiary/aromatic N) is 4. The van der Waals surface area contributed by atoms with E-state index in [1.54, 1.807) is 20.0 Å². The van der Waals surface area contributed by atoms with Crippen LogP contribution in [0.25, 0.3) is 33.7 Å². The molecule has 3 aliphatic carbocycles. The number of rotatable bonds is 5. The summed E-state index contributed by atoms with van der Waals surface area (Å²) in [7, 11) is 0. The fourth-order valence-corrected chi connectivity index (χ4v) is 5.98. The lowest BCUT2D eigenvalue weighted by Gasteiger charge is -2.47. The number of aromatic nitrogens is 5. The summed E-state index contributed by atoms with van der Waals surface area (Å²) in [5, 5.41) is 17.5. The molecule has 4 aromatic rings. The van der Waals surface area contributed by atoms with Gasteiger partial charge in [0.2, 0.25) is 0 Å². The van der Waals surface area contributed by atoms with Crippen LogP contribution >= 0.6 is 0 Å². The Labute approximate surface area is 204 Å². The first-order valence-corrected chi connectivity index (χ1v) is 11.9. The van der Waals surface area contributed by atoms with Gasteiger partial charge in [-0.15, -0.1) is 0 Å². The minimum atomic E-state index is -0.888. The molecule has 9 nitrogen and oxygen atoms in total. The van der Waals surface area contributed by atoms with E-state index in [0.717, 1.165) is 31.9 Å². The van der Waals surface area contributed by atoms with Gasteiger partial charge in [0, 0.05) is 23.2 Å². The molecule has 2 atom stereocenters. The Morgan fingerprint density at radius 1 is 1.17 bits per heavy atom. The number of aryl methyl sites for hydroxylation is 2. The molecule has 0 radical (unpaired) electrons. The highest BCUT2D eigenvalue weighted by Crippen LogP contribution is 2.47. The molecule has 0 aliphatic heterocycles. The molecule has 3 N–H and O–H groups in total. The average molecular weight is 495 g/mol. The smallest absolute Gasteiger partial charge is 0.308 e. The monoisotopic (exact) mass is 494 g/mol. The molecule has 11 heteroatoms. The topological polar surface area (TPSA) is 130 Å². The fourth-order valence-electron chi connectivity index (χ4n) is 5.98. The van der Waals surface area contributed by atoms with Crippen LogP contribution in [0.3, 0.4) is 0 Å². The van der Waals surface area contributed by atoms with Crippen molar-refractivity contribution in [2.24, 2.45) is 17.8 Å². The standard InChI is InChI=1S/C25H24F2N6O3/c1-10-17(11(2)36-33-10)21-19(27)24(30-20-13-5-3-12(4-6-13)18(20)25(34)35)32-23(31-21)16-9-29-22-15(16)7-14(26)8-28-22/h7-9,12-13,18,20H,3-6H2,1-2H3,(H,28,29)(H,34,35)(H,30,31,32). The van der Waals surface area contributed by atoms with Crippen LogP contribution in [0.2, 0.25) is 0 Å². The van der Waals surface area contributed by atoms with Crippen LogP contribution in [-0.2, 0) is 4.79 Å². The van der Waals surface area contributed by atoms with Gasteiger partial charge in [0.05, 0.1) is 23.4 Å². The lowest BCUT2D eigenvalue weighted by molar-refractivity contribution is -0.148. The molecule has 4 aromatic heterocycles. The Hall–Kier alpha value is -3.89. The maximum absolute atomic E-state index is 16.0. The molecular weight excluding hydrogens is 470 g/mol. The third kappa shape index (κ3) is 3.52. The van der Waals surface area contributed by atoms with E-state index in [9.17, 15) is 14.3 Å². The van der Waals surface area contributed by atoms with Crippen molar-refractivity contribution in [2.75, 3.05) is 5.32 Å². The molecule has 3 aliphatic rings. The number of aromatic amines is 1. The van der Waals surface area contributed by atoms with Gasteiger partial charge in [-0.25, -0.2) is 23.7 Å². The first-order chi connectivity index (χ1) is 17.3. The molecule has 0 aromatic carbocycles. The molecule has 3 fully saturated rings. The van der Waals surface area contributed by atoms with Crippen molar-refractivity contribution in [2.45, 2.75) is 45.6 Å². The van der Waals surface area contributed by atoms with Gasteiger partial charge in [-0.05, 0) is 57.4 Å².